The van der Waals surface area contributed by atoms with E-state index in [1.165, 1.54) is 36.8 Å². The molecule has 2 heteroatoms. The molecule has 0 radical (unpaired) electrons. The topological polar surface area (TPSA) is 21.3 Å². The smallest absolute Gasteiger partial charge is 0.0952 e. The lowest BCUT2D eigenvalue weighted by Crippen LogP contribution is -2.37. The van der Waals surface area contributed by atoms with Gasteiger partial charge in [-0.1, -0.05) is 37.1 Å². The van der Waals surface area contributed by atoms with Crippen LogP contribution in [0.25, 0.3) is 0 Å². The summed E-state index contributed by atoms with van der Waals surface area (Å²) in [6.07, 6.45) is 6.94. The third kappa shape index (κ3) is 3.01. The SMILES string of the molecule is C[C@H](NCC1OCCc2ccccc21)C1CCCC1. The Morgan fingerprint density at radius 2 is 2.05 bits per heavy atom. The van der Waals surface area contributed by atoms with Crippen LogP contribution >= 0.6 is 0 Å². The fourth-order valence-electron chi connectivity index (χ4n) is 3.56. The Morgan fingerprint density at radius 3 is 2.89 bits per heavy atom. The number of hydrogen-bond acceptors (Lipinski definition) is 2. The lowest BCUT2D eigenvalue weighted by molar-refractivity contribution is 0.0397. The highest BCUT2D eigenvalue weighted by Gasteiger charge is 2.24. The highest BCUT2D eigenvalue weighted by atomic mass is 16.5. The first-order valence-electron chi connectivity index (χ1n) is 7.77. The Balaban J connectivity index is 1.58. The normalized spacial score (nSPS) is 25.2. The second-order valence-corrected chi connectivity index (χ2v) is 6.05. The largest absolute Gasteiger partial charge is 0.372 e. The Morgan fingerprint density at radius 1 is 1.26 bits per heavy atom. The summed E-state index contributed by atoms with van der Waals surface area (Å²) in [6, 6.07) is 9.35. The molecule has 0 bridgehead atoms. The average Bonchev–Trinajstić information content (AvgIpc) is 2.99. The zero-order valence-electron chi connectivity index (χ0n) is 11.9. The van der Waals surface area contributed by atoms with E-state index < -0.39 is 0 Å². The fraction of sp³-hybridized carbons (Fsp3) is 0.647. The number of rotatable bonds is 4. The lowest BCUT2D eigenvalue weighted by Gasteiger charge is -2.29. The van der Waals surface area contributed by atoms with Crippen molar-refractivity contribution >= 4 is 0 Å². The van der Waals surface area contributed by atoms with Crippen LogP contribution in [0.4, 0.5) is 0 Å². The number of hydrogen-bond donors (Lipinski definition) is 1. The van der Waals surface area contributed by atoms with E-state index in [4.69, 9.17) is 4.74 Å². The van der Waals surface area contributed by atoms with E-state index in [-0.39, 0.29) is 6.10 Å². The van der Waals surface area contributed by atoms with Gasteiger partial charge in [0.25, 0.3) is 0 Å². The van der Waals surface area contributed by atoms with E-state index in [2.05, 4.69) is 36.5 Å². The molecule has 1 unspecified atom stereocenters. The van der Waals surface area contributed by atoms with Crippen molar-refractivity contribution in [2.75, 3.05) is 13.2 Å². The molecule has 0 aromatic heterocycles. The summed E-state index contributed by atoms with van der Waals surface area (Å²) in [7, 11) is 0. The molecule has 1 aromatic rings. The van der Waals surface area contributed by atoms with Crippen molar-refractivity contribution in [3.63, 3.8) is 0 Å². The lowest BCUT2D eigenvalue weighted by atomic mass is 9.96. The molecule has 0 saturated heterocycles. The van der Waals surface area contributed by atoms with E-state index >= 15 is 0 Å². The van der Waals surface area contributed by atoms with Crippen molar-refractivity contribution in [1.29, 1.82) is 0 Å². The Labute approximate surface area is 116 Å². The molecule has 1 aromatic carbocycles. The van der Waals surface area contributed by atoms with Gasteiger partial charge in [-0.15, -0.1) is 0 Å². The zero-order valence-corrected chi connectivity index (χ0v) is 11.9. The quantitative estimate of drug-likeness (QED) is 0.894. The number of benzene rings is 1. The molecule has 2 nitrogen and oxygen atoms in total. The second kappa shape index (κ2) is 6.06. The first-order valence-corrected chi connectivity index (χ1v) is 7.77. The van der Waals surface area contributed by atoms with Crippen LogP contribution in [-0.4, -0.2) is 19.2 Å². The molecule has 0 amide bonds. The van der Waals surface area contributed by atoms with Crippen LogP contribution in [0.1, 0.15) is 49.8 Å². The average molecular weight is 259 g/mol. The Bertz CT molecular complexity index is 411. The Kier molecular flexibility index (Phi) is 4.19. The summed E-state index contributed by atoms with van der Waals surface area (Å²) < 4.78 is 5.95. The van der Waals surface area contributed by atoms with Crippen LogP contribution in [0.5, 0.6) is 0 Å². The standard InChI is InChI=1S/C17H25NO/c1-13(14-6-2-3-7-14)18-12-17-16-9-5-4-8-15(16)10-11-19-17/h4-5,8-9,13-14,17-18H,2-3,6-7,10-12H2,1H3/t13-,17?/m0/s1. The zero-order chi connectivity index (χ0) is 13.1. The predicted molar refractivity (Wildman–Crippen MR) is 78.3 cm³/mol. The van der Waals surface area contributed by atoms with Crippen LogP contribution in [0.3, 0.4) is 0 Å². The maximum Gasteiger partial charge on any atom is 0.0952 e. The molecule has 2 aliphatic rings. The predicted octanol–water partition coefficient (Wildman–Crippen LogP) is 3.47. The van der Waals surface area contributed by atoms with Crippen molar-refractivity contribution in [3.05, 3.63) is 35.4 Å². The van der Waals surface area contributed by atoms with Crippen LogP contribution in [0.2, 0.25) is 0 Å². The fourth-order valence-corrected chi connectivity index (χ4v) is 3.56. The summed E-state index contributed by atoms with van der Waals surface area (Å²) >= 11 is 0. The first-order chi connectivity index (χ1) is 9.34. The number of fused-ring (bicyclic) bond motifs is 1. The van der Waals surface area contributed by atoms with E-state index in [0.717, 1.165) is 25.5 Å². The van der Waals surface area contributed by atoms with Gasteiger partial charge in [-0.25, -0.2) is 0 Å². The molecule has 1 heterocycles. The van der Waals surface area contributed by atoms with Gasteiger partial charge in [0.2, 0.25) is 0 Å². The molecular weight excluding hydrogens is 234 g/mol. The van der Waals surface area contributed by atoms with Crippen molar-refractivity contribution in [1.82, 2.24) is 5.32 Å². The minimum absolute atomic E-state index is 0.244. The monoisotopic (exact) mass is 259 g/mol. The van der Waals surface area contributed by atoms with Crippen LogP contribution in [-0.2, 0) is 11.2 Å². The molecule has 104 valence electrons. The summed E-state index contributed by atoms with van der Waals surface area (Å²) in [6.45, 7) is 4.15. The third-order valence-corrected chi connectivity index (χ3v) is 4.82. The van der Waals surface area contributed by atoms with Gasteiger partial charge < -0.3 is 10.1 Å². The van der Waals surface area contributed by atoms with E-state index in [0.29, 0.717) is 6.04 Å². The van der Waals surface area contributed by atoms with Gasteiger partial charge in [0.05, 0.1) is 12.7 Å². The molecule has 0 spiro atoms. The van der Waals surface area contributed by atoms with Gasteiger partial charge in [0, 0.05) is 12.6 Å². The van der Waals surface area contributed by atoms with Crippen LogP contribution in [0.15, 0.2) is 24.3 Å². The highest BCUT2D eigenvalue weighted by Crippen LogP contribution is 2.29. The van der Waals surface area contributed by atoms with Crippen LogP contribution < -0.4 is 5.32 Å². The minimum Gasteiger partial charge on any atom is -0.372 e. The third-order valence-electron chi connectivity index (χ3n) is 4.82. The van der Waals surface area contributed by atoms with Crippen molar-refractivity contribution in [2.24, 2.45) is 5.92 Å². The number of ether oxygens (including phenoxy) is 1. The molecule has 19 heavy (non-hydrogen) atoms. The molecule has 1 saturated carbocycles. The van der Waals surface area contributed by atoms with Gasteiger partial charge >= 0.3 is 0 Å². The van der Waals surface area contributed by atoms with E-state index in [1.54, 1.807) is 0 Å². The van der Waals surface area contributed by atoms with Gasteiger partial charge in [0.15, 0.2) is 0 Å². The molecular formula is C17H25NO. The maximum atomic E-state index is 5.95. The van der Waals surface area contributed by atoms with Gasteiger partial charge in [-0.3, -0.25) is 0 Å². The summed E-state index contributed by atoms with van der Waals surface area (Å²) in [5, 5.41) is 3.71. The highest BCUT2D eigenvalue weighted by molar-refractivity contribution is 5.31. The molecule has 2 atom stereocenters. The van der Waals surface area contributed by atoms with Crippen molar-refractivity contribution in [3.8, 4) is 0 Å². The van der Waals surface area contributed by atoms with Crippen molar-refractivity contribution < 1.29 is 4.74 Å². The van der Waals surface area contributed by atoms with Crippen molar-refractivity contribution in [2.45, 2.75) is 51.2 Å². The van der Waals surface area contributed by atoms with E-state index in [9.17, 15) is 0 Å². The molecule has 3 rings (SSSR count). The second-order valence-electron chi connectivity index (χ2n) is 6.05. The number of nitrogens with one attached hydrogen (secondary N) is 1. The summed E-state index contributed by atoms with van der Waals surface area (Å²) in [5.41, 5.74) is 2.86. The molecule has 1 N–H and O–H groups in total. The van der Waals surface area contributed by atoms with Gasteiger partial charge in [0.1, 0.15) is 0 Å². The molecule has 1 aliphatic carbocycles. The van der Waals surface area contributed by atoms with Gasteiger partial charge in [-0.2, -0.15) is 0 Å². The summed E-state index contributed by atoms with van der Waals surface area (Å²) in [4.78, 5) is 0. The summed E-state index contributed by atoms with van der Waals surface area (Å²) in [5.74, 6) is 0.874. The maximum absolute atomic E-state index is 5.95. The molecule has 1 fully saturated rings. The first kappa shape index (κ1) is 13.1. The van der Waals surface area contributed by atoms with Gasteiger partial charge in [-0.05, 0) is 43.2 Å². The minimum atomic E-state index is 0.244. The van der Waals surface area contributed by atoms with Crippen LogP contribution in [0, 0.1) is 5.92 Å². The van der Waals surface area contributed by atoms with E-state index in [1.807, 2.05) is 0 Å². The molecule has 1 aliphatic heterocycles. The Hall–Kier alpha value is -0.860.